The van der Waals surface area contributed by atoms with Crippen molar-refractivity contribution in [1.29, 1.82) is 0 Å². The number of rotatable bonds is 8. The summed E-state index contributed by atoms with van der Waals surface area (Å²) >= 11 is 0. The highest BCUT2D eigenvalue weighted by Crippen LogP contribution is 2.29. The molecule has 0 fully saturated rings. The first-order chi connectivity index (χ1) is 15.2. The number of fused-ring (bicyclic) bond motifs is 3. The van der Waals surface area contributed by atoms with Gasteiger partial charge < -0.3 is 15.2 Å². The highest BCUT2D eigenvalue weighted by molar-refractivity contribution is 6.12. The molecular formula is C23H23FN2O6. The highest BCUT2D eigenvalue weighted by atomic mass is 19.1. The Morgan fingerprint density at radius 3 is 2.00 bits per heavy atom. The molecule has 0 radical (unpaired) electrons. The number of carboxylic acids is 1. The van der Waals surface area contributed by atoms with Gasteiger partial charge in [0.1, 0.15) is 12.7 Å². The Bertz CT molecular complexity index is 1130. The van der Waals surface area contributed by atoms with Crippen LogP contribution in [0.2, 0.25) is 0 Å². The zero-order chi connectivity index (χ0) is 23.4. The summed E-state index contributed by atoms with van der Waals surface area (Å²) in [6.45, 7) is 1.84. The van der Waals surface area contributed by atoms with Gasteiger partial charge in [0.25, 0.3) is 5.91 Å². The first-order valence-electron chi connectivity index (χ1n) is 10.0. The molecule has 2 aromatic carbocycles. The molecule has 8 nitrogen and oxygen atoms in total. The maximum absolute atomic E-state index is 13.1. The van der Waals surface area contributed by atoms with Gasteiger partial charge in [-0.3, -0.25) is 14.4 Å². The molecule has 2 N–H and O–H groups in total. The summed E-state index contributed by atoms with van der Waals surface area (Å²) < 4.78 is 19.7. The average molecular weight is 442 g/mol. The first-order valence-corrected chi connectivity index (χ1v) is 10.0. The van der Waals surface area contributed by atoms with E-state index in [0.29, 0.717) is 11.0 Å². The Morgan fingerprint density at radius 2 is 1.53 bits per heavy atom. The number of halogens is 1. The van der Waals surface area contributed by atoms with Crippen LogP contribution in [0.1, 0.15) is 20.3 Å². The second kappa shape index (κ2) is 9.59. The number of carboxylic acid groups (broad SMARTS) is 1. The van der Waals surface area contributed by atoms with E-state index in [2.05, 4.69) is 5.32 Å². The number of carbonyl (C=O) groups excluding carboxylic acids is 3. The molecule has 1 heterocycles. The zero-order valence-electron chi connectivity index (χ0n) is 17.6. The number of ether oxygens (including phenoxy) is 1. The fourth-order valence-electron chi connectivity index (χ4n) is 3.54. The van der Waals surface area contributed by atoms with Gasteiger partial charge in [-0.15, -0.1) is 0 Å². The van der Waals surface area contributed by atoms with Crippen molar-refractivity contribution in [2.45, 2.75) is 32.4 Å². The summed E-state index contributed by atoms with van der Waals surface area (Å²) in [6.07, 6.45) is -2.91. The monoisotopic (exact) mass is 442 g/mol. The smallest absolute Gasteiger partial charge is 0.419 e. The molecule has 2 atom stereocenters. The number of Topliss-reactive ketones (excluding diaryl/α,β-unsaturated/α-hetero) is 1. The molecule has 0 aliphatic heterocycles. The van der Waals surface area contributed by atoms with Crippen molar-refractivity contribution >= 4 is 45.6 Å². The van der Waals surface area contributed by atoms with E-state index in [-0.39, 0.29) is 0 Å². The standard InChI is InChI=1S/C23H23FN2O6/c1-13(2)21(22(30)25-16(11-20(28)29)19(27)12-24)32-23(31)26-17-9-5-3-7-14(17)15-8-4-6-10-18(15)26/h3-10,13,16,21H,11-12H2,1-2H3,(H,25,30)(H,28,29). The third kappa shape index (κ3) is 4.61. The minimum absolute atomic E-state index is 0.502. The van der Waals surface area contributed by atoms with Gasteiger partial charge in [0.05, 0.1) is 17.5 Å². The van der Waals surface area contributed by atoms with Crippen LogP contribution in [0.4, 0.5) is 9.18 Å². The summed E-state index contributed by atoms with van der Waals surface area (Å²) in [4.78, 5) is 48.6. The quantitative estimate of drug-likeness (QED) is 0.553. The summed E-state index contributed by atoms with van der Waals surface area (Å²) in [5.74, 6) is -3.82. The summed E-state index contributed by atoms with van der Waals surface area (Å²) in [6, 6.07) is 12.9. The van der Waals surface area contributed by atoms with Gasteiger partial charge in [0.15, 0.2) is 11.9 Å². The number of hydrogen-bond acceptors (Lipinski definition) is 5. The van der Waals surface area contributed by atoms with E-state index in [0.717, 1.165) is 10.8 Å². The maximum Gasteiger partial charge on any atom is 0.419 e. The molecule has 32 heavy (non-hydrogen) atoms. The topological polar surface area (TPSA) is 115 Å². The largest absolute Gasteiger partial charge is 0.481 e. The summed E-state index contributed by atoms with van der Waals surface area (Å²) in [7, 11) is 0. The Kier molecular flexibility index (Phi) is 6.87. The minimum Gasteiger partial charge on any atom is -0.481 e. The van der Waals surface area contributed by atoms with E-state index in [1.165, 1.54) is 4.57 Å². The molecule has 2 unspecified atom stereocenters. The molecule has 3 aromatic rings. The summed E-state index contributed by atoms with van der Waals surface area (Å²) in [5, 5.41) is 12.8. The Labute approximate surface area is 182 Å². The fraction of sp³-hybridized carbons (Fsp3) is 0.304. The van der Waals surface area contributed by atoms with Crippen LogP contribution in [0.15, 0.2) is 48.5 Å². The van der Waals surface area contributed by atoms with Gasteiger partial charge in [-0.1, -0.05) is 50.2 Å². The minimum atomic E-state index is -1.56. The molecule has 0 aliphatic carbocycles. The number of nitrogens with zero attached hydrogens (tertiary/aromatic N) is 1. The van der Waals surface area contributed by atoms with Crippen LogP contribution in [-0.2, 0) is 19.1 Å². The van der Waals surface area contributed by atoms with E-state index in [1.54, 1.807) is 38.1 Å². The van der Waals surface area contributed by atoms with Crippen molar-refractivity contribution in [3.8, 4) is 0 Å². The predicted molar refractivity (Wildman–Crippen MR) is 115 cm³/mol. The number of carbonyl (C=O) groups is 4. The molecule has 0 bridgehead atoms. The van der Waals surface area contributed by atoms with Gasteiger partial charge in [0, 0.05) is 10.8 Å². The lowest BCUT2D eigenvalue weighted by Crippen LogP contribution is -2.49. The van der Waals surface area contributed by atoms with Crippen LogP contribution < -0.4 is 5.32 Å². The molecule has 0 aliphatic rings. The second-order valence-electron chi connectivity index (χ2n) is 7.68. The first kappa shape index (κ1) is 22.9. The number of ketones is 1. The van der Waals surface area contributed by atoms with Crippen molar-refractivity contribution < 1.29 is 33.4 Å². The number of hydrogen-bond donors (Lipinski definition) is 2. The SMILES string of the molecule is CC(C)C(OC(=O)n1c2ccccc2c2ccccc21)C(=O)NC(CC(=O)O)C(=O)CF. The Balaban J connectivity index is 1.91. The van der Waals surface area contributed by atoms with Gasteiger partial charge >= 0.3 is 12.1 Å². The molecular weight excluding hydrogens is 419 g/mol. The molecule has 0 saturated carbocycles. The van der Waals surface area contributed by atoms with E-state index in [4.69, 9.17) is 9.84 Å². The molecule has 1 amide bonds. The lowest BCUT2D eigenvalue weighted by atomic mass is 10.0. The molecule has 0 saturated heterocycles. The molecule has 0 spiro atoms. The lowest BCUT2D eigenvalue weighted by molar-refractivity contribution is -0.141. The number of amides is 1. The molecule has 3 rings (SSSR count). The van der Waals surface area contributed by atoms with Crippen molar-refractivity contribution in [3.63, 3.8) is 0 Å². The maximum atomic E-state index is 13.1. The molecule has 168 valence electrons. The van der Waals surface area contributed by atoms with Gasteiger partial charge in [-0.05, 0) is 18.1 Å². The fourth-order valence-corrected chi connectivity index (χ4v) is 3.54. The van der Waals surface area contributed by atoms with Gasteiger partial charge in [0.2, 0.25) is 0 Å². The van der Waals surface area contributed by atoms with Crippen LogP contribution >= 0.6 is 0 Å². The highest BCUT2D eigenvalue weighted by Gasteiger charge is 2.32. The summed E-state index contributed by atoms with van der Waals surface area (Å²) in [5.41, 5.74) is 1.19. The van der Waals surface area contributed by atoms with Crippen LogP contribution in [0, 0.1) is 5.92 Å². The van der Waals surface area contributed by atoms with E-state index in [1.807, 2.05) is 24.3 Å². The lowest BCUT2D eigenvalue weighted by Gasteiger charge is -2.23. The Hall–Kier alpha value is -3.75. The van der Waals surface area contributed by atoms with Crippen LogP contribution in [0.3, 0.4) is 0 Å². The number of alkyl halides is 1. The average Bonchev–Trinajstić information content (AvgIpc) is 3.10. The normalized spacial score (nSPS) is 13.1. The van der Waals surface area contributed by atoms with Crippen molar-refractivity contribution in [3.05, 3.63) is 48.5 Å². The Morgan fingerprint density at radius 1 is 1.00 bits per heavy atom. The van der Waals surface area contributed by atoms with Crippen LogP contribution in [0.25, 0.3) is 21.8 Å². The van der Waals surface area contributed by atoms with Crippen LogP contribution in [-0.4, -0.2) is 52.2 Å². The third-order valence-corrected chi connectivity index (χ3v) is 5.07. The van der Waals surface area contributed by atoms with Crippen LogP contribution in [0.5, 0.6) is 0 Å². The predicted octanol–water partition coefficient (Wildman–Crippen LogP) is 3.30. The number of aromatic nitrogens is 1. The number of aliphatic carboxylic acids is 1. The molecule has 1 aromatic heterocycles. The van der Waals surface area contributed by atoms with Crippen molar-refractivity contribution in [2.24, 2.45) is 5.92 Å². The van der Waals surface area contributed by atoms with Crippen molar-refractivity contribution in [1.82, 2.24) is 9.88 Å². The van der Waals surface area contributed by atoms with Gasteiger partial charge in [-0.2, -0.15) is 0 Å². The number of nitrogens with one attached hydrogen (secondary N) is 1. The van der Waals surface area contributed by atoms with E-state index >= 15 is 0 Å². The van der Waals surface area contributed by atoms with E-state index < -0.39 is 54.9 Å². The van der Waals surface area contributed by atoms with E-state index in [9.17, 15) is 23.6 Å². The number of para-hydroxylation sites is 2. The zero-order valence-corrected chi connectivity index (χ0v) is 17.6. The molecule has 9 heteroatoms. The number of benzene rings is 2. The van der Waals surface area contributed by atoms with Gasteiger partial charge in [-0.25, -0.2) is 13.8 Å². The third-order valence-electron chi connectivity index (χ3n) is 5.07. The van der Waals surface area contributed by atoms with Crippen molar-refractivity contribution in [2.75, 3.05) is 6.67 Å². The second-order valence-corrected chi connectivity index (χ2v) is 7.68.